The molecule has 0 saturated heterocycles. The van der Waals surface area contributed by atoms with Gasteiger partial charge >= 0.3 is 5.69 Å². The lowest BCUT2D eigenvalue weighted by molar-refractivity contribution is -0.385. The number of benzene rings is 2. The third kappa shape index (κ3) is 4.27. The number of carbonyl (C=O) groups excluding carboxylic acids is 1. The number of nitrogens with zero attached hydrogens (tertiary/aromatic N) is 1. The lowest BCUT2D eigenvalue weighted by Crippen LogP contribution is -2.01. The van der Waals surface area contributed by atoms with E-state index in [1.807, 2.05) is 12.1 Å². The van der Waals surface area contributed by atoms with Crippen molar-refractivity contribution < 1.29 is 19.2 Å². The van der Waals surface area contributed by atoms with Gasteiger partial charge in [0.2, 0.25) is 0 Å². The Balaban J connectivity index is 1.76. The zero-order valence-corrected chi connectivity index (χ0v) is 14.4. The average Bonchev–Trinajstić information content (AvgIpc) is 3.50. The molecule has 1 aliphatic carbocycles. The van der Waals surface area contributed by atoms with Crippen molar-refractivity contribution in [2.45, 2.75) is 19.4 Å². The molecule has 6 heteroatoms. The molecule has 0 aromatic heterocycles. The largest absolute Gasteiger partial charge is 0.496 e. The number of methoxy groups -OCH3 is 1. The molecule has 0 radical (unpaired) electrons. The number of nitro benzene ring substituents is 1. The van der Waals surface area contributed by atoms with Gasteiger partial charge in [-0.25, -0.2) is 0 Å². The fourth-order valence-corrected chi connectivity index (χ4v) is 2.58. The van der Waals surface area contributed by atoms with Crippen molar-refractivity contribution in [2.75, 3.05) is 7.11 Å². The second-order valence-electron chi connectivity index (χ2n) is 6.09. The van der Waals surface area contributed by atoms with Gasteiger partial charge in [0, 0.05) is 17.5 Å². The summed E-state index contributed by atoms with van der Waals surface area (Å²) in [7, 11) is 1.55. The molecule has 0 heterocycles. The van der Waals surface area contributed by atoms with Crippen LogP contribution in [0.1, 0.15) is 24.0 Å². The Bertz CT molecular complexity index is 855. The molecule has 3 rings (SSSR count). The Morgan fingerprint density at radius 3 is 2.69 bits per heavy atom. The summed E-state index contributed by atoms with van der Waals surface area (Å²) in [6, 6.07) is 11.7. The molecule has 0 unspecified atom stereocenters. The predicted octanol–water partition coefficient (Wildman–Crippen LogP) is 4.17. The van der Waals surface area contributed by atoms with Crippen LogP contribution in [0.5, 0.6) is 11.5 Å². The first-order chi connectivity index (χ1) is 12.6. The number of carbonyl (C=O) groups is 1. The van der Waals surface area contributed by atoms with Crippen molar-refractivity contribution in [3.05, 3.63) is 69.8 Å². The number of hydrogen-bond acceptors (Lipinski definition) is 5. The Kier molecular flexibility index (Phi) is 5.31. The van der Waals surface area contributed by atoms with Crippen LogP contribution in [0.15, 0.2) is 48.5 Å². The van der Waals surface area contributed by atoms with Gasteiger partial charge in [-0.1, -0.05) is 24.3 Å². The van der Waals surface area contributed by atoms with Gasteiger partial charge in [-0.05, 0) is 42.7 Å². The van der Waals surface area contributed by atoms with Gasteiger partial charge in [-0.15, -0.1) is 0 Å². The molecule has 1 aliphatic rings. The van der Waals surface area contributed by atoms with Crippen LogP contribution >= 0.6 is 0 Å². The first-order valence-electron chi connectivity index (χ1n) is 8.33. The number of ether oxygens (including phenoxy) is 2. The minimum atomic E-state index is -0.477. The summed E-state index contributed by atoms with van der Waals surface area (Å²) >= 11 is 0. The van der Waals surface area contributed by atoms with E-state index in [-0.39, 0.29) is 29.7 Å². The first-order valence-corrected chi connectivity index (χ1v) is 8.33. The lowest BCUT2D eigenvalue weighted by atomic mass is 10.1. The molecule has 0 N–H and O–H groups in total. The smallest absolute Gasteiger partial charge is 0.310 e. The van der Waals surface area contributed by atoms with Gasteiger partial charge in [0.25, 0.3) is 0 Å². The van der Waals surface area contributed by atoms with Crippen molar-refractivity contribution >= 4 is 17.5 Å². The molecular weight excluding hydrogens is 334 g/mol. The summed E-state index contributed by atoms with van der Waals surface area (Å²) in [4.78, 5) is 22.4. The second-order valence-corrected chi connectivity index (χ2v) is 6.09. The van der Waals surface area contributed by atoms with Crippen LogP contribution in [-0.4, -0.2) is 17.8 Å². The average molecular weight is 353 g/mol. The fraction of sp³-hybridized carbons (Fsp3) is 0.250. The summed E-state index contributed by atoms with van der Waals surface area (Å²) in [6.07, 6.45) is 5.32. The van der Waals surface area contributed by atoms with E-state index in [2.05, 4.69) is 0 Å². The van der Waals surface area contributed by atoms with E-state index in [9.17, 15) is 14.9 Å². The highest BCUT2D eigenvalue weighted by atomic mass is 16.6. The number of para-hydroxylation sites is 2. The molecule has 1 saturated carbocycles. The summed E-state index contributed by atoms with van der Waals surface area (Å²) in [5, 5.41) is 11.1. The highest BCUT2D eigenvalue weighted by Crippen LogP contribution is 2.31. The quantitative estimate of drug-likeness (QED) is 0.404. The van der Waals surface area contributed by atoms with Crippen molar-refractivity contribution in [2.24, 2.45) is 5.92 Å². The maximum absolute atomic E-state index is 11.8. The monoisotopic (exact) mass is 353 g/mol. The molecule has 2 aromatic carbocycles. The van der Waals surface area contributed by atoms with Crippen molar-refractivity contribution in [1.29, 1.82) is 0 Å². The highest BCUT2D eigenvalue weighted by molar-refractivity contribution is 5.96. The molecule has 1 fully saturated rings. The Labute approximate surface area is 151 Å². The number of ketones is 1. The third-order valence-corrected chi connectivity index (χ3v) is 4.17. The predicted molar refractivity (Wildman–Crippen MR) is 97.2 cm³/mol. The first kappa shape index (κ1) is 17.7. The summed E-state index contributed by atoms with van der Waals surface area (Å²) < 4.78 is 11.0. The van der Waals surface area contributed by atoms with Crippen LogP contribution < -0.4 is 9.47 Å². The van der Waals surface area contributed by atoms with E-state index in [0.29, 0.717) is 5.75 Å². The van der Waals surface area contributed by atoms with Gasteiger partial charge < -0.3 is 9.47 Å². The molecule has 134 valence electrons. The van der Waals surface area contributed by atoms with Gasteiger partial charge in [-0.3, -0.25) is 14.9 Å². The molecule has 0 atom stereocenters. The minimum absolute atomic E-state index is 0.0856. The van der Waals surface area contributed by atoms with Crippen LogP contribution in [0.3, 0.4) is 0 Å². The third-order valence-electron chi connectivity index (χ3n) is 4.17. The molecule has 26 heavy (non-hydrogen) atoms. The molecule has 2 aromatic rings. The van der Waals surface area contributed by atoms with E-state index < -0.39 is 4.92 Å². The van der Waals surface area contributed by atoms with Crippen LogP contribution in [0, 0.1) is 16.0 Å². The SMILES string of the molecule is COc1ccc(/C=C/C(=O)C2CC2)cc1COc1ccccc1[N+](=O)[O-]. The van der Waals surface area contributed by atoms with Gasteiger partial charge in [0.1, 0.15) is 12.4 Å². The van der Waals surface area contributed by atoms with Gasteiger partial charge in [0.05, 0.1) is 12.0 Å². The maximum Gasteiger partial charge on any atom is 0.310 e. The molecule has 0 bridgehead atoms. The van der Waals surface area contributed by atoms with Crippen LogP contribution in [0.4, 0.5) is 5.69 Å². The van der Waals surface area contributed by atoms with E-state index >= 15 is 0 Å². The number of hydrogen-bond donors (Lipinski definition) is 0. The van der Waals surface area contributed by atoms with Gasteiger partial charge in [0.15, 0.2) is 11.5 Å². The highest BCUT2D eigenvalue weighted by Gasteiger charge is 2.27. The zero-order chi connectivity index (χ0) is 18.5. The lowest BCUT2D eigenvalue weighted by Gasteiger charge is -2.11. The zero-order valence-electron chi connectivity index (χ0n) is 14.4. The van der Waals surface area contributed by atoms with Crippen molar-refractivity contribution in [1.82, 2.24) is 0 Å². The normalized spacial score (nSPS) is 13.6. The van der Waals surface area contributed by atoms with E-state index in [1.165, 1.54) is 6.07 Å². The summed E-state index contributed by atoms with van der Waals surface area (Å²) in [5.41, 5.74) is 1.50. The van der Waals surface area contributed by atoms with E-state index in [0.717, 1.165) is 24.0 Å². The number of nitro groups is 1. The summed E-state index contributed by atoms with van der Waals surface area (Å²) in [5.74, 6) is 1.16. The van der Waals surface area contributed by atoms with Crippen LogP contribution in [0.2, 0.25) is 0 Å². The Morgan fingerprint density at radius 1 is 1.23 bits per heavy atom. The molecule has 0 aliphatic heterocycles. The summed E-state index contributed by atoms with van der Waals surface area (Å²) in [6.45, 7) is 0.117. The van der Waals surface area contributed by atoms with Gasteiger partial charge in [-0.2, -0.15) is 0 Å². The Morgan fingerprint density at radius 2 is 2.00 bits per heavy atom. The molecule has 0 amide bonds. The van der Waals surface area contributed by atoms with Crippen molar-refractivity contribution in [3.8, 4) is 11.5 Å². The Hall–Kier alpha value is -3.15. The number of allylic oxidation sites excluding steroid dienone is 1. The second kappa shape index (κ2) is 7.82. The maximum atomic E-state index is 11.8. The number of rotatable bonds is 8. The van der Waals surface area contributed by atoms with Crippen LogP contribution in [0.25, 0.3) is 6.08 Å². The topological polar surface area (TPSA) is 78.7 Å². The van der Waals surface area contributed by atoms with E-state index in [4.69, 9.17) is 9.47 Å². The van der Waals surface area contributed by atoms with Crippen molar-refractivity contribution in [3.63, 3.8) is 0 Å². The minimum Gasteiger partial charge on any atom is -0.496 e. The fourth-order valence-electron chi connectivity index (χ4n) is 2.58. The molecule has 0 spiro atoms. The van der Waals surface area contributed by atoms with E-state index in [1.54, 1.807) is 43.5 Å². The standard InChI is InChI=1S/C20H19NO5/c1-25-19-11-7-14(6-10-18(22)15-8-9-15)12-16(19)13-26-20-5-3-2-4-17(20)21(23)24/h2-7,10-12,15H,8-9,13H2,1H3/b10-6+. The molecule has 6 nitrogen and oxygen atoms in total. The van der Waals surface area contributed by atoms with Crippen LogP contribution in [-0.2, 0) is 11.4 Å². The molecular formula is C20H19NO5.